The van der Waals surface area contributed by atoms with Crippen molar-refractivity contribution in [2.24, 2.45) is 0 Å². The molecule has 3 rings (SSSR count). The summed E-state index contributed by atoms with van der Waals surface area (Å²) in [6.45, 7) is 5.83. The maximum Gasteiger partial charge on any atom is 0.251 e. The fourth-order valence-corrected chi connectivity index (χ4v) is 4.68. The SMILES string of the molecule is CCN(CC)S(=O)(=O)c1cccc(C(=O)NCCc2ccc3c(c2)OCCO3)c1. The average molecular weight is 419 g/mol. The van der Waals surface area contributed by atoms with E-state index in [1.165, 1.54) is 16.4 Å². The molecule has 0 aromatic heterocycles. The summed E-state index contributed by atoms with van der Waals surface area (Å²) in [5.74, 6) is 1.14. The first-order chi connectivity index (χ1) is 14.0. The molecule has 7 nitrogen and oxygen atoms in total. The second-order valence-corrected chi connectivity index (χ2v) is 8.54. The Bertz CT molecular complexity index is 971. The van der Waals surface area contributed by atoms with E-state index in [0.29, 0.717) is 44.8 Å². The summed E-state index contributed by atoms with van der Waals surface area (Å²) < 4.78 is 37.8. The molecule has 0 radical (unpaired) electrons. The van der Waals surface area contributed by atoms with E-state index in [2.05, 4.69) is 5.32 Å². The van der Waals surface area contributed by atoms with E-state index in [0.717, 1.165) is 17.1 Å². The molecule has 0 aliphatic carbocycles. The van der Waals surface area contributed by atoms with Gasteiger partial charge in [0.2, 0.25) is 10.0 Å². The van der Waals surface area contributed by atoms with Crippen LogP contribution in [0.4, 0.5) is 0 Å². The number of nitrogens with one attached hydrogen (secondary N) is 1. The lowest BCUT2D eigenvalue weighted by Gasteiger charge is -2.19. The molecule has 1 heterocycles. The molecule has 2 aromatic rings. The highest BCUT2D eigenvalue weighted by Crippen LogP contribution is 2.30. The minimum absolute atomic E-state index is 0.126. The lowest BCUT2D eigenvalue weighted by Crippen LogP contribution is -2.31. The van der Waals surface area contributed by atoms with Gasteiger partial charge >= 0.3 is 0 Å². The molecule has 0 unspecified atom stereocenters. The molecule has 1 aliphatic heterocycles. The van der Waals surface area contributed by atoms with Gasteiger partial charge in [-0.2, -0.15) is 4.31 Å². The average Bonchev–Trinajstić information content (AvgIpc) is 2.74. The Morgan fingerprint density at radius 1 is 1.03 bits per heavy atom. The van der Waals surface area contributed by atoms with E-state index in [4.69, 9.17) is 9.47 Å². The summed E-state index contributed by atoms with van der Waals surface area (Å²) in [7, 11) is -3.60. The number of fused-ring (bicyclic) bond motifs is 1. The smallest absolute Gasteiger partial charge is 0.251 e. The van der Waals surface area contributed by atoms with Gasteiger partial charge in [-0.15, -0.1) is 0 Å². The van der Waals surface area contributed by atoms with Crippen molar-refractivity contribution in [1.29, 1.82) is 0 Å². The Morgan fingerprint density at radius 3 is 2.48 bits per heavy atom. The quantitative estimate of drug-likeness (QED) is 0.712. The highest BCUT2D eigenvalue weighted by molar-refractivity contribution is 7.89. The number of sulfonamides is 1. The molecule has 1 aliphatic rings. The van der Waals surface area contributed by atoms with Gasteiger partial charge in [0.15, 0.2) is 11.5 Å². The number of benzene rings is 2. The fourth-order valence-electron chi connectivity index (χ4n) is 3.18. The molecular weight excluding hydrogens is 392 g/mol. The van der Waals surface area contributed by atoms with Crippen LogP contribution in [0.3, 0.4) is 0 Å². The molecule has 29 heavy (non-hydrogen) atoms. The van der Waals surface area contributed by atoms with E-state index in [1.54, 1.807) is 26.0 Å². The largest absolute Gasteiger partial charge is 0.486 e. The number of hydrogen-bond acceptors (Lipinski definition) is 5. The second kappa shape index (κ2) is 9.28. The molecule has 1 N–H and O–H groups in total. The van der Waals surface area contributed by atoms with Crippen LogP contribution in [0.2, 0.25) is 0 Å². The van der Waals surface area contributed by atoms with Crippen molar-refractivity contribution in [3.05, 3.63) is 53.6 Å². The van der Waals surface area contributed by atoms with Gasteiger partial charge in [0.1, 0.15) is 13.2 Å². The van der Waals surface area contributed by atoms with Crippen LogP contribution < -0.4 is 14.8 Å². The first-order valence-corrected chi connectivity index (χ1v) is 11.2. The molecule has 0 fully saturated rings. The summed E-state index contributed by atoms with van der Waals surface area (Å²) >= 11 is 0. The lowest BCUT2D eigenvalue weighted by atomic mass is 10.1. The topological polar surface area (TPSA) is 84.9 Å². The van der Waals surface area contributed by atoms with Crippen molar-refractivity contribution in [3.63, 3.8) is 0 Å². The fraction of sp³-hybridized carbons (Fsp3) is 0.381. The monoisotopic (exact) mass is 418 g/mol. The van der Waals surface area contributed by atoms with Crippen LogP contribution in [0.25, 0.3) is 0 Å². The van der Waals surface area contributed by atoms with E-state index < -0.39 is 10.0 Å². The van der Waals surface area contributed by atoms with Crippen LogP contribution >= 0.6 is 0 Å². The second-order valence-electron chi connectivity index (χ2n) is 6.60. The summed E-state index contributed by atoms with van der Waals surface area (Å²) in [4.78, 5) is 12.6. The van der Waals surface area contributed by atoms with E-state index in [9.17, 15) is 13.2 Å². The predicted octanol–water partition coefficient (Wildman–Crippen LogP) is 2.46. The number of rotatable bonds is 8. The van der Waals surface area contributed by atoms with Crippen molar-refractivity contribution >= 4 is 15.9 Å². The normalized spacial score (nSPS) is 13.3. The third-order valence-corrected chi connectivity index (χ3v) is 6.79. The molecule has 1 amide bonds. The van der Waals surface area contributed by atoms with Gasteiger partial charge in [0.25, 0.3) is 5.91 Å². The molecule has 0 bridgehead atoms. The first kappa shape index (κ1) is 21.1. The van der Waals surface area contributed by atoms with Gasteiger partial charge < -0.3 is 14.8 Å². The first-order valence-electron chi connectivity index (χ1n) is 9.72. The maximum atomic E-state index is 12.7. The van der Waals surface area contributed by atoms with Gasteiger partial charge in [-0.1, -0.05) is 26.0 Å². The lowest BCUT2D eigenvalue weighted by molar-refractivity contribution is 0.0954. The number of carbonyl (C=O) groups is 1. The summed E-state index contributed by atoms with van der Waals surface area (Å²) in [6.07, 6.45) is 0.625. The van der Waals surface area contributed by atoms with E-state index in [1.807, 2.05) is 18.2 Å². The van der Waals surface area contributed by atoms with Crippen molar-refractivity contribution in [2.75, 3.05) is 32.8 Å². The Morgan fingerprint density at radius 2 is 1.76 bits per heavy atom. The Labute approximate surface area is 171 Å². The molecule has 8 heteroatoms. The third kappa shape index (κ3) is 4.89. The van der Waals surface area contributed by atoms with Gasteiger partial charge in [-0.25, -0.2) is 8.42 Å². The van der Waals surface area contributed by atoms with Gasteiger partial charge in [-0.05, 0) is 42.3 Å². The summed E-state index contributed by atoms with van der Waals surface area (Å²) in [6, 6.07) is 11.9. The van der Waals surface area contributed by atoms with Crippen LogP contribution in [0.5, 0.6) is 11.5 Å². The van der Waals surface area contributed by atoms with E-state index in [-0.39, 0.29) is 10.8 Å². The highest BCUT2D eigenvalue weighted by atomic mass is 32.2. The van der Waals surface area contributed by atoms with Crippen molar-refractivity contribution in [2.45, 2.75) is 25.2 Å². The summed E-state index contributed by atoms with van der Waals surface area (Å²) in [5, 5.41) is 2.84. The van der Waals surface area contributed by atoms with Crippen LogP contribution in [0, 0.1) is 0 Å². The Hall–Kier alpha value is -2.58. The van der Waals surface area contributed by atoms with Gasteiger partial charge in [0, 0.05) is 25.2 Å². The van der Waals surface area contributed by atoms with Crippen LogP contribution in [-0.4, -0.2) is 51.5 Å². The molecule has 0 atom stereocenters. The zero-order valence-corrected chi connectivity index (χ0v) is 17.5. The van der Waals surface area contributed by atoms with Crippen molar-refractivity contribution in [3.8, 4) is 11.5 Å². The molecule has 0 saturated carbocycles. The highest BCUT2D eigenvalue weighted by Gasteiger charge is 2.22. The predicted molar refractivity (Wildman–Crippen MR) is 110 cm³/mol. The number of hydrogen-bond donors (Lipinski definition) is 1. The van der Waals surface area contributed by atoms with Crippen molar-refractivity contribution in [1.82, 2.24) is 9.62 Å². The summed E-state index contributed by atoms with van der Waals surface area (Å²) in [5.41, 5.74) is 1.34. The van der Waals surface area contributed by atoms with Crippen LogP contribution in [-0.2, 0) is 16.4 Å². The zero-order chi connectivity index (χ0) is 20.9. The minimum atomic E-state index is -3.60. The van der Waals surface area contributed by atoms with Crippen molar-refractivity contribution < 1.29 is 22.7 Å². The third-order valence-electron chi connectivity index (χ3n) is 4.75. The molecule has 2 aromatic carbocycles. The van der Waals surface area contributed by atoms with E-state index >= 15 is 0 Å². The minimum Gasteiger partial charge on any atom is -0.486 e. The number of amides is 1. The standard InChI is InChI=1S/C21H26N2O5S/c1-3-23(4-2)29(25,26)18-7-5-6-17(15-18)21(24)22-11-10-16-8-9-19-20(14-16)28-13-12-27-19/h5-9,14-15H,3-4,10-13H2,1-2H3,(H,22,24). The molecular formula is C21H26N2O5S. The number of nitrogens with zero attached hydrogens (tertiary/aromatic N) is 1. The van der Waals surface area contributed by atoms with Gasteiger partial charge in [0.05, 0.1) is 4.90 Å². The maximum absolute atomic E-state index is 12.7. The Balaban J connectivity index is 1.63. The number of carbonyl (C=O) groups excluding carboxylic acids is 1. The molecule has 0 spiro atoms. The van der Waals surface area contributed by atoms with Crippen LogP contribution in [0.15, 0.2) is 47.4 Å². The number of ether oxygens (including phenoxy) is 2. The zero-order valence-electron chi connectivity index (χ0n) is 16.7. The Kier molecular flexibility index (Phi) is 6.76. The van der Waals surface area contributed by atoms with Gasteiger partial charge in [-0.3, -0.25) is 4.79 Å². The molecule has 156 valence electrons. The van der Waals surface area contributed by atoms with Crippen LogP contribution in [0.1, 0.15) is 29.8 Å². The molecule has 0 saturated heterocycles.